The van der Waals surface area contributed by atoms with Crippen molar-refractivity contribution in [1.29, 1.82) is 0 Å². The Bertz CT molecular complexity index is 403. The van der Waals surface area contributed by atoms with E-state index >= 15 is 0 Å². The fourth-order valence-electron chi connectivity index (χ4n) is 2.05. The summed E-state index contributed by atoms with van der Waals surface area (Å²) in [6, 6.07) is 4.36. The van der Waals surface area contributed by atoms with Gasteiger partial charge in [-0.25, -0.2) is 4.39 Å². The highest BCUT2D eigenvalue weighted by atomic mass is 35.5. The standard InChI is InChI=1S/C13H18ClFN2O/c1-2-17-5-6-18-11(9-17)8-16-13-4-3-10(15)7-12(13)14/h3-4,7,11,16H,2,5-6,8-9H2,1H3. The Morgan fingerprint density at radius 3 is 3.11 bits per heavy atom. The molecule has 1 aliphatic heterocycles. The van der Waals surface area contributed by atoms with E-state index in [0.29, 0.717) is 11.6 Å². The molecule has 0 aromatic heterocycles. The summed E-state index contributed by atoms with van der Waals surface area (Å²) < 4.78 is 18.6. The number of nitrogens with zero attached hydrogens (tertiary/aromatic N) is 1. The van der Waals surface area contributed by atoms with E-state index < -0.39 is 0 Å². The lowest BCUT2D eigenvalue weighted by Crippen LogP contribution is -2.45. The minimum absolute atomic E-state index is 0.153. The molecule has 1 aliphatic rings. The van der Waals surface area contributed by atoms with E-state index in [-0.39, 0.29) is 11.9 Å². The SMILES string of the molecule is CCN1CCOC(CNc2ccc(F)cc2Cl)C1. The molecule has 1 aromatic carbocycles. The number of hydrogen-bond donors (Lipinski definition) is 1. The molecule has 5 heteroatoms. The molecular formula is C13H18ClFN2O. The van der Waals surface area contributed by atoms with E-state index in [4.69, 9.17) is 16.3 Å². The van der Waals surface area contributed by atoms with Gasteiger partial charge in [0, 0.05) is 19.6 Å². The minimum atomic E-state index is -0.323. The highest BCUT2D eigenvalue weighted by molar-refractivity contribution is 6.33. The van der Waals surface area contributed by atoms with Crippen molar-refractivity contribution in [1.82, 2.24) is 4.90 Å². The van der Waals surface area contributed by atoms with Crippen molar-refractivity contribution in [3.8, 4) is 0 Å². The van der Waals surface area contributed by atoms with Crippen LogP contribution in [0.3, 0.4) is 0 Å². The number of morpholine rings is 1. The van der Waals surface area contributed by atoms with Gasteiger partial charge in [0.05, 0.1) is 23.4 Å². The van der Waals surface area contributed by atoms with Crippen LogP contribution in [-0.4, -0.2) is 43.8 Å². The van der Waals surface area contributed by atoms with Crippen LogP contribution < -0.4 is 5.32 Å². The Morgan fingerprint density at radius 2 is 2.39 bits per heavy atom. The summed E-state index contributed by atoms with van der Waals surface area (Å²) >= 11 is 5.95. The van der Waals surface area contributed by atoms with Gasteiger partial charge in [-0.15, -0.1) is 0 Å². The van der Waals surface area contributed by atoms with Crippen LogP contribution in [0.1, 0.15) is 6.92 Å². The molecule has 100 valence electrons. The first-order chi connectivity index (χ1) is 8.69. The first-order valence-corrected chi connectivity index (χ1v) is 6.59. The Kier molecular flexibility index (Phi) is 4.80. The maximum atomic E-state index is 12.9. The van der Waals surface area contributed by atoms with E-state index in [0.717, 1.165) is 31.9 Å². The lowest BCUT2D eigenvalue weighted by molar-refractivity contribution is -0.0191. The molecule has 0 amide bonds. The van der Waals surface area contributed by atoms with Gasteiger partial charge in [-0.3, -0.25) is 4.90 Å². The van der Waals surface area contributed by atoms with Gasteiger partial charge in [0.15, 0.2) is 0 Å². The Morgan fingerprint density at radius 1 is 1.56 bits per heavy atom. The predicted molar refractivity (Wildman–Crippen MR) is 71.8 cm³/mol. The summed E-state index contributed by atoms with van der Waals surface area (Å²) in [5, 5.41) is 3.61. The molecule has 0 saturated carbocycles. The Hall–Kier alpha value is -0.840. The number of rotatable bonds is 4. The van der Waals surface area contributed by atoms with Crippen LogP contribution in [-0.2, 0) is 4.74 Å². The second kappa shape index (κ2) is 6.36. The average molecular weight is 273 g/mol. The van der Waals surface area contributed by atoms with Crippen molar-refractivity contribution in [3.05, 3.63) is 29.0 Å². The van der Waals surface area contributed by atoms with E-state index in [2.05, 4.69) is 17.1 Å². The van der Waals surface area contributed by atoms with Crippen LogP contribution in [0, 0.1) is 5.82 Å². The number of likely N-dealkylation sites (N-methyl/N-ethyl adjacent to an activating group) is 1. The third-order valence-electron chi connectivity index (χ3n) is 3.12. The quantitative estimate of drug-likeness (QED) is 0.912. The molecule has 0 radical (unpaired) electrons. The van der Waals surface area contributed by atoms with Crippen LogP contribution in [0.25, 0.3) is 0 Å². The summed E-state index contributed by atoms with van der Waals surface area (Å²) in [5.74, 6) is -0.323. The van der Waals surface area contributed by atoms with Crippen molar-refractivity contribution < 1.29 is 9.13 Å². The zero-order valence-corrected chi connectivity index (χ0v) is 11.2. The van der Waals surface area contributed by atoms with Crippen molar-refractivity contribution in [2.75, 3.05) is 38.1 Å². The third kappa shape index (κ3) is 3.57. The van der Waals surface area contributed by atoms with Crippen LogP contribution >= 0.6 is 11.6 Å². The molecule has 1 fully saturated rings. The molecule has 0 spiro atoms. The normalized spacial score (nSPS) is 20.9. The zero-order valence-electron chi connectivity index (χ0n) is 10.5. The minimum Gasteiger partial charge on any atom is -0.381 e. The fraction of sp³-hybridized carbons (Fsp3) is 0.538. The molecule has 1 aromatic rings. The third-order valence-corrected chi connectivity index (χ3v) is 3.43. The van der Waals surface area contributed by atoms with Crippen molar-refractivity contribution in [2.24, 2.45) is 0 Å². The Labute approximate surface area is 112 Å². The highest BCUT2D eigenvalue weighted by Gasteiger charge is 2.19. The second-order valence-electron chi connectivity index (χ2n) is 4.39. The molecule has 1 heterocycles. The predicted octanol–water partition coefficient (Wildman–Crippen LogP) is 2.61. The van der Waals surface area contributed by atoms with Gasteiger partial charge in [-0.1, -0.05) is 18.5 Å². The highest BCUT2D eigenvalue weighted by Crippen LogP contribution is 2.22. The van der Waals surface area contributed by atoms with Crippen molar-refractivity contribution in [3.63, 3.8) is 0 Å². The van der Waals surface area contributed by atoms with E-state index in [1.165, 1.54) is 12.1 Å². The molecule has 1 unspecified atom stereocenters. The number of ether oxygens (including phenoxy) is 1. The smallest absolute Gasteiger partial charge is 0.124 e. The summed E-state index contributed by atoms with van der Waals surface area (Å²) in [6.45, 7) is 6.54. The molecule has 3 nitrogen and oxygen atoms in total. The first kappa shape index (κ1) is 13.6. The van der Waals surface area contributed by atoms with Crippen molar-refractivity contribution in [2.45, 2.75) is 13.0 Å². The van der Waals surface area contributed by atoms with Gasteiger partial charge in [-0.2, -0.15) is 0 Å². The Balaban J connectivity index is 1.87. The molecule has 18 heavy (non-hydrogen) atoms. The topological polar surface area (TPSA) is 24.5 Å². The van der Waals surface area contributed by atoms with Gasteiger partial charge < -0.3 is 10.1 Å². The number of halogens is 2. The van der Waals surface area contributed by atoms with Crippen molar-refractivity contribution >= 4 is 17.3 Å². The molecule has 1 saturated heterocycles. The number of hydrogen-bond acceptors (Lipinski definition) is 3. The summed E-state index contributed by atoms with van der Waals surface area (Å²) in [7, 11) is 0. The first-order valence-electron chi connectivity index (χ1n) is 6.22. The maximum absolute atomic E-state index is 12.9. The van der Waals surface area contributed by atoms with E-state index in [1.807, 2.05) is 0 Å². The van der Waals surface area contributed by atoms with Gasteiger partial charge in [-0.05, 0) is 24.7 Å². The van der Waals surface area contributed by atoms with Crippen LogP contribution in [0.5, 0.6) is 0 Å². The lowest BCUT2D eigenvalue weighted by atomic mass is 10.2. The second-order valence-corrected chi connectivity index (χ2v) is 4.80. The van der Waals surface area contributed by atoms with Crippen LogP contribution in [0.4, 0.5) is 10.1 Å². The van der Waals surface area contributed by atoms with E-state index in [9.17, 15) is 4.39 Å². The molecule has 1 atom stereocenters. The molecule has 0 bridgehead atoms. The number of benzene rings is 1. The zero-order chi connectivity index (χ0) is 13.0. The monoisotopic (exact) mass is 272 g/mol. The number of anilines is 1. The number of nitrogens with one attached hydrogen (secondary N) is 1. The summed E-state index contributed by atoms with van der Waals surface area (Å²) in [4.78, 5) is 2.35. The average Bonchev–Trinajstić information content (AvgIpc) is 2.38. The van der Waals surface area contributed by atoms with Crippen LogP contribution in [0.2, 0.25) is 5.02 Å². The summed E-state index contributed by atoms with van der Waals surface area (Å²) in [6.07, 6.45) is 0.153. The molecular weight excluding hydrogens is 255 g/mol. The lowest BCUT2D eigenvalue weighted by Gasteiger charge is -2.32. The van der Waals surface area contributed by atoms with Crippen LogP contribution in [0.15, 0.2) is 18.2 Å². The maximum Gasteiger partial charge on any atom is 0.124 e. The molecule has 0 aliphatic carbocycles. The molecule has 1 N–H and O–H groups in total. The summed E-state index contributed by atoms with van der Waals surface area (Å²) in [5.41, 5.74) is 0.746. The van der Waals surface area contributed by atoms with Gasteiger partial charge >= 0.3 is 0 Å². The van der Waals surface area contributed by atoms with E-state index in [1.54, 1.807) is 6.07 Å². The van der Waals surface area contributed by atoms with Gasteiger partial charge in [0.1, 0.15) is 5.82 Å². The molecule has 2 rings (SSSR count). The van der Waals surface area contributed by atoms with Gasteiger partial charge in [0.2, 0.25) is 0 Å². The fourth-order valence-corrected chi connectivity index (χ4v) is 2.28. The largest absolute Gasteiger partial charge is 0.381 e. The van der Waals surface area contributed by atoms with Gasteiger partial charge in [0.25, 0.3) is 0 Å².